The number of rotatable bonds is 3. The van der Waals surface area contributed by atoms with Crippen molar-refractivity contribution in [3.05, 3.63) is 69.2 Å². The van der Waals surface area contributed by atoms with Gasteiger partial charge in [0.15, 0.2) is 0 Å². The van der Waals surface area contributed by atoms with Gasteiger partial charge in [0.05, 0.1) is 6.21 Å². The van der Waals surface area contributed by atoms with E-state index in [4.69, 9.17) is 0 Å². The van der Waals surface area contributed by atoms with Crippen LogP contribution >= 0.6 is 15.9 Å². The Balaban J connectivity index is 1.81. The molecule has 0 radical (unpaired) electrons. The highest BCUT2D eigenvalue weighted by Crippen LogP contribution is 2.34. The van der Waals surface area contributed by atoms with Crippen molar-refractivity contribution < 1.29 is 9.90 Å². The van der Waals surface area contributed by atoms with Crippen LogP contribution in [0.2, 0.25) is 0 Å². The van der Waals surface area contributed by atoms with Gasteiger partial charge in [-0.25, -0.2) is 5.43 Å². The fraction of sp³-hybridized carbons (Fsp3) is 0.105. The predicted molar refractivity (Wildman–Crippen MR) is 98.8 cm³/mol. The number of nitrogens with one attached hydrogen (secondary N) is 1. The van der Waals surface area contributed by atoms with E-state index in [2.05, 4.69) is 26.5 Å². The number of allylic oxidation sites excluding steroid dienone is 1. The van der Waals surface area contributed by atoms with Gasteiger partial charge in [-0.05, 0) is 47.7 Å². The van der Waals surface area contributed by atoms with E-state index in [1.807, 2.05) is 30.3 Å². The maximum Gasteiger partial charge on any atom is 0.282 e. The number of benzene rings is 2. The van der Waals surface area contributed by atoms with Crippen molar-refractivity contribution in [1.82, 2.24) is 5.43 Å². The largest absolute Gasteiger partial charge is 0.507 e. The van der Waals surface area contributed by atoms with Gasteiger partial charge in [0.25, 0.3) is 5.91 Å². The molecule has 1 amide bonds. The molecule has 0 heterocycles. The van der Waals surface area contributed by atoms with Crippen molar-refractivity contribution in [2.75, 3.05) is 0 Å². The van der Waals surface area contributed by atoms with Gasteiger partial charge in [-0.3, -0.25) is 4.79 Å². The van der Waals surface area contributed by atoms with E-state index in [1.54, 1.807) is 12.1 Å². The van der Waals surface area contributed by atoms with Gasteiger partial charge in [0.2, 0.25) is 0 Å². The van der Waals surface area contributed by atoms with Crippen LogP contribution in [0, 0.1) is 11.3 Å². The SMILES string of the molecule is N#C/C(C(=O)N/N=C/c1cc(Br)ccc1O)=C1/CCc2ccccc21. The second kappa shape index (κ2) is 7.32. The fourth-order valence-corrected chi connectivity index (χ4v) is 3.17. The molecule has 0 aromatic heterocycles. The van der Waals surface area contributed by atoms with Crippen LogP contribution in [-0.2, 0) is 11.2 Å². The first-order valence-corrected chi connectivity index (χ1v) is 8.43. The van der Waals surface area contributed by atoms with E-state index >= 15 is 0 Å². The van der Waals surface area contributed by atoms with Gasteiger partial charge >= 0.3 is 0 Å². The molecule has 25 heavy (non-hydrogen) atoms. The summed E-state index contributed by atoms with van der Waals surface area (Å²) < 4.78 is 0.778. The molecule has 0 fully saturated rings. The van der Waals surface area contributed by atoms with Crippen LogP contribution < -0.4 is 5.43 Å². The van der Waals surface area contributed by atoms with E-state index in [0.29, 0.717) is 12.0 Å². The number of hydrazone groups is 1. The summed E-state index contributed by atoms with van der Waals surface area (Å²) in [5.41, 5.74) is 5.71. The third kappa shape index (κ3) is 3.62. The average molecular weight is 396 g/mol. The first kappa shape index (κ1) is 16.9. The van der Waals surface area contributed by atoms with Gasteiger partial charge in [-0.2, -0.15) is 10.4 Å². The van der Waals surface area contributed by atoms with Gasteiger partial charge in [0.1, 0.15) is 17.4 Å². The van der Waals surface area contributed by atoms with E-state index in [9.17, 15) is 15.2 Å². The summed E-state index contributed by atoms with van der Waals surface area (Å²) in [6, 6.07) is 14.6. The van der Waals surface area contributed by atoms with E-state index in [1.165, 1.54) is 12.3 Å². The van der Waals surface area contributed by atoms with Crippen LogP contribution in [0.25, 0.3) is 5.57 Å². The zero-order chi connectivity index (χ0) is 17.8. The summed E-state index contributed by atoms with van der Waals surface area (Å²) in [5, 5.41) is 23.0. The quantitative estimate of drug-likeness (QED) is 0.360. The van der Waals surface area contributed by atoms with E-state index in [-0.39, 0.29) is 11.3 Å². The number of aromatic hydroxyl groups is 1. The number of hydrogen-bond donors (Lipinski definition) is 2. The molecule has 1 aliphatic rings. The molecule has 6 heteroatoms. The summed E-state index contributed by atoms with van der Waals surface area (Å²) in [5.74, 6) is -0.510. The first-order valence-electron chi connectivity index (χ1n) is 7.63. The molecule has 0 spiro atoms. The van der Waals surface area contributed by atoms with Crippen LogP contribution in [0.1, 0.15) is 23.1 Å². The van der Waals surface area contributed by atoms with Gasteiger partial charge in [-0.1, -0.05) is 40.2 Å². The molecular weight excluding hydrogens is 382 g/mol. The summed E-state index contributed by atoms with van der Waals surface area (Å²) in [7, 11) is 0. The Hall–Kier alpha value is -2.91. The Morgan fingerprint density at radius 1 is 1.28 bits per heavy atom. The molecule has 0 bridgehead atoms. The lowest BCUT2D eigenvalue weighted by Gasteiger charge is -2.04. The molecule has 2 aromatic carbocycles. The van der Waals surface area contributed by atoms with Crippen LogP contribution in [0.15, 0.2) is 57.6 Å². The van der Waals surface area contributed by atoms with Crippen LogP contribution in [0.5, 0.6) is 5.75 Å². The smallest absolute Gasteiger partial charge is 0.282 e. The minimum Gasteiger partial charge on any atom is -0.507 e. The Kier molecular flexibility index (Phi) is 4.96. The molecule has 0 aliphatic heterocycles. The molecule has 5 nitrogen and oxygen atoms in total. The summed E-state index contributed by atoms with van der Waals surface area (Å²) in [4.78, 5) is 12.3. The Morgan fingerprint density at radius 3 is 2.88 bits per heavy atom. The van der Waals surface area contributed by atoms with Crippen molar-refractivity contribution in [2.24, 2.45) is 5.10 Å². The number of hydrogen-bond acceptors (Lipinski definition) is 4. The zero-order valence-corrected chi connectivity index (χ0v) is 14.7. The van der Waals surface area contributed by atoms with Crippen molar-refractivity contribution in [3.8, 4) is 11.8 Å². The van der Waals surface area contributed by atoms with Crippen molar-refractivity contribution in [2.45, 2.75) is 12.8 Å². The monoisotopic (exact) mass is 395 g/mol. The number of aryl methyl sites for hydroxylation is 1. The molecular formula is C19H14BrN3O2. The zero-order valence-electron chi connectivity index (χ0n) is 13.2. The highest BCUT2D eigenvalue weighted by Gasteiger charge is 2.23. The number of nitriles is 1. The average Bonchev–Trinajstić information content (AvgIpc) is 3.03. The summed E-state index contributed by atoms with van der Waals surface area (Å²) >= 11 is 3.30. The van der Waals surface area contributed by atoms with Crippen molar-refractivity contribution in [3.63, 3.8) is 0 Å². The van der Waals surface area contributed by atoms with Gasteiger partial charge in [0, 0.05) is 10.0 Å². The number of carbonyl (C=O) groups excluding carboxylic acids is 1. The molecule has 1 aliphatic carbocycles. The number of nitrogens with zero attached hydrogens (tertiary/aromatic N) is 2. The number of amides is 1. The molecule has 3 rings (SSSR count). The Labute approximate surface area is 153 Å². The maximum absolute atomic E-state index is 12.3. The Bertz CT molecular complexity index is 942. The second-order valence-corrected chi connectivity index (χ2v) is 6.44. The molecule has 0 saturated heterocycles. The van der Waals surface area contributed by atoms with Crippen LogP contribution in [0.3, 0.4) is 0 Å². The molecule has 2 N–H and O–H groups in total. The predicted octanol–water partition coefficient (Wildman–Crippen LogP) is 3.53. The lowest BCUT2D eigenvalue weighted by molar-refractivity contribution is -0.117. The Morgan fingerprint density at radius 2 is 2.08 bits per heavy atom. The van der Waals surface area contributed by atoms with Crippen molar-refractivity contribution in [1.29, 1.82) is 5.26 Å². The van der Waals surface area contributed by atoms with E-state index in [0.717, 1.165) is 27.6 Å². The van der Waals surface area contributed by atoms with Crippen molar-refractivity contribution >= 4 is 33.6 Å². The normalized spacial score (nSPS) is 14.9. The lowest BCUT2D eigenvalue weighted by atomic mass is 10.0. The maximum atomic E-state index is 12.3. The van der Waals surface area contributed by atoms with Gasteiger partial charge < -0.3 is 5.11 Å². The molecule has 124 valence electrons. The molecule has 0 unspecified atom stereocenters. The summed E-state index contributed by atoms with van der Waals surface area (Å²) in [6.45, 7) is 0. The third-order valence-corrected chi connectivity index (χ3v) is 4.48. The topological polar surface area (TPSA) is 85.5 Å². The van der Waals surface area contributed by atoms with Crippen LogP contribution in [0.4, 0.5) is 0 Å². The number of carbonyl (C=O) groups is 1. The number of fused-ring (bicyclic) bond motifs is 1. The first-order chi connectivity index (χ1) is 12.1. The number of halogens is 1. The minimum absolute atomic E-state index is 0.0461. The fourth-order valence-electron chi connectivity index (χ4n) is 2.79. The molecule has 0 saturated carbocycles. The summed E-state index contributed by atoms with van der Waals surface area (Å²) in [6.07, 6.45) is 2.81. The van der Waals surface area contributed by atoms with E-state index < -0.39 is 5.91 Å². The molecule has 2 aromatic rings. The minimum atomic E-state index is -0.556. The van der Waals surface area contributed by atoms with Crippen LogP contribution in [-0.4, -0.2) is 17.2 Å². The van der Waals surface area contributed by atoms with Gasteiger partial charge in [-0.15, -0.1) is 0 Å². The molecule has 0 atom stereocenters. The lowest BCUT2D eigenvalue weighted by Crippen LogP contribution is -2.20. The number of phenols is 1. The number of phenolic OH excluding ortho intramolecular Hbond substituents is 1. The third-order valence-electron chi connectivity index (χ3n) is 3.99. The highest BCUT2D eigenvalue weighted by molar-refractivity contribution is 9.10. The second-order valence-electron chi connectivity index (χ2n) is 5.52. The highest BCUT2D eigenvalue weighted by atomic mass is 79.9. The standard InChI is InChI=1S/C19H14BrN3O2/c20-14-6-8-18(24)13(9-14)11-22-23-19(25)17(10-21)16-7-5-12-3-1-2-4-15(12)16/h1-4,6,8-9,11,24H,5,7H2,(H,23,25)/b17-16+,22-11+.